The highest BCUT2D eigenvalue weighted by molar-refractivity contribution is 7.98. The van der Waals surface area contributed by atoms with Crippen LogP contribution in [0.4, 0.5) is 4.79 Å². The van der Waals surface area contributed by atoms with Crippen molar-refractivity contribution in [3.05, 3.63) is 64.7 Å². The average Bonchev–Trinajstić information content (AvgIpc) is 4.01. The summed E-state index contributed by atoms with van der Waals surface area (Å²) in [6.45, 7) is 9.05. The molecule has 3 rings (SSSR count). The molecule has 68 heavy (non-hydrogen) atoms. The largest absolute Gasteiger partial charge is 0.495 e. The fraction of sp³-hybridized carbons (Fsp3) is 0.604. The minimum Gasteiger partial charge on any atom is -0.495 e. The van der Waals surface area contributed by atoms with Gasteiger partial charge in [0.15, 0.2) is 5.72 Å². The Hall–Kier alpha value is -4.95. The van der Waals surface area contributed by atoms with Gasteiger partial charge in [-0.15, -0.1) is 0 Å². The zero-order valence-corrected chi connectivity index (χ0v) is 42.8. The summed E-state index contributed by atoms with van der Waals surface area (Å²) in [5.41, 5.74) is -1.13. The van der Waals surface area contributed by atoms with Gasteiger partial charge in [-0.25, -0.2) is 9.59 Å². The maximum atomic E-state index is 13.5. The third-order valence-corrected chi connectivity index (χ3v) is 12.7. The molecule has 20 heteroatoms. The molecule has 0 radical (unpaired) electrons. The van der Waals surface area contributed by atoms with Crippen molar-refractivity contribution in [1.29, 1.82) is 0 Å². The lowest BCUT2D eigenvalue weighted by molar-refractivity contribution is -0.162. The minimum atomic E-state index is -1.88. The quantitative estimate of drug-likeness (QED) is 0.0250. The summed E-state index contributed by atoms with van der Waals surface area (Å²) in [6, 6.07) is 4.41. The Morgan fingerprint density at radius 3 is 2.41 bits per heavy atom. The van der Waals surface area contributed by atoms with Gasteiger partial charge in [0.25, 0.3) is 0 Å². The van der Waals surface area contributed by atoms with Crippen molar-refractivity contribution < 1.29 is 62.4 Å². The van der Waals surface area contributed by atoms with Crippen LogP contribution in [0.5, 0.6) is 5.75 Å². The highest BCUT2D eigenvalue weighted by Crippen LogP contribution is 2.48. The van der Waals surface area contributed by atoms with Crippen LogP contribution in [0.2, 0.25) is 5.02 Å². The van der Waals surface area contributed by atoms with E-state index in [0.29, 0.717) is 49.3 Å². The fourth-order valence-corrected chi connectivity index (χ4v) is 7.49. The molecule has 0 bridgehead atoms. The zero-order chi connectivity index (χ0) is 51.2. The first-order valence-corrected chi connectivity index (χ1v) is 24.3. The molecule has 8 atom stereocenters. The molecule has 0 aromatic heterocycles. The molecule has 0 spiro atoms. The number of hydrogen-bond donors (Lipinski definition) is 4. The lowest BCUT2D eigenvalue weighted by Gasteiger charge is -2.42. The molecule has 0 aliphatic carbocycles. The van der Waals surface area contributed by atoms with E-state index in [1.807, 2.05) is 36.9 Å². The summed E-state index contributed by atoms with van der Waals surface area (Å²) in [6.07, 6.45) is 7.75. The van der Waals surface area contributed by atoms with Crippen molar-refractivity contribution in [3.63, 3.8) is 0 Å². The molecule has 8 unspecified atom stereocenters. The van der Waals surface area contributed by atoms with Crippen LogP contribution in [0, 0.1) is 5.92 Å². The van der Waals surface area contributed by atoms with E-state index in [9.17, 15) is 38.7 Å². The molecule has 2 aliphatic rings. The Balaban J connectivity index is 0.00000381. The average molecular weight is 995 g/mol. The van der Waals surface area contributed by atoms with Crippen molar-refractivity contribution in [2.24, 2.45) is 5.92 Å². The van der Waals surface area contributed by atoms with Gasteiger partial charge in [-0.05, 0) is 75.8 Å². The molecule has 18 nitrogen and oxygen atoms in total. The normalized spacial score (nSPS) is 21.7. The highest BCUT2D eigenvalue weighted by atomic mass is 35.5. The number of nitrogens with zero attached hydrogens (tertiary/aromatic N) is 2. The van der Waals surface area contributed by atoms with Crippen LogP contribution in [0.3, 0.4) is 0 Å². The first-order valence-electron chi connectivity index (χ1n) is 22.5. The van der Waals surface area contributed by atoms with E-state index in [1.165, 1.54) is 44.9 Å². The number of hydrogen-bond acceptors (Lipinski definition) is 14. The first kappa shape index (κ1) is 59.2. The number of cyclic esters (lactones) is 1. The molecule has 380 valence electrons. The predicted octanol–water partition coefficient (Wildman–Crippen LogP) is 4.54. The lowest BCUT2D eigenvalue weighted by atomic mass is 9.83. The number of thioether (sulfide) groups is 1. The van der Waals surface area contributed by atoms with E-state index < -0.39 is 71.6 Å². The van der Waals surface area contributed by atoms with Gasteiger partial charge in [-0.2, -0.15) is 11.8 Å². The summed E-state index contributed by atoms with van der Waals surface area (Å²) < 4.78 is 28.6. The van der Waals surface area contributed by atoms with Gasteiger partial charge in [0.1, 0.15) is 42.0 Å². The van der Waals surface area contributed by atoms with Crippen molar-refractivity contribution >= 4 is 65.3 Å². The van der Waals surface area contributed by atoms with E-state index in [-0.39, 0.29) is 37.6 Å². The summed E-state index contributed by atoms with van der Waals surface area (Å²) >= 11 is 8.02. The molecule has 2 aliphatic heterocycles. The van der Waals surface area contributed by atoms with Crippen LogP contribution in [-0.2, 0) is 54.1 Å². The monoisotopic (exact) mass is 993 g/mol. The zero-order valence-electron chi connectivity index (χ0n) is 41.3. The van der Waals surface area contributed by atoms with Gasteiger partial charge in [0, 0.05) is 59.6 Å². The molecule has 4 N–H and O–H groups in total. The number of rotatable bonds is 26. The van der Waals surface area contributed by atoms with E-state index in [2.05, 4.69) is 29.1 Å². The maximum absolute atomic E-state index is 13.5. The number of nitrogens with one attached hydrogen (secondary N) is 3. The molecule has 2 fully saturated rings. The number of epoxide rings is 1. The maximum Gasteiger partial charge on any atom is 0.409 e. The van der Waals surface area contributed by atoms with Gasteiger partial charge < -0.3 is 49.2 Å². The number of halogens is 1. The highest BCUT2D eigenvalue weighted by Gasteiger charge is 2.64. The Bertz CT molecular complexity index is 1970. The number of alkyl carbamates (subject to hydrolysis) is 1. The number of benzene rings is 1. The smallest absolute Gasteiger partial charge is 0.409 e. The molecule has 2 heterocycles. The minimum absolute atomic E-state index is 0.103. The topological polar surface area (TPSA) is 232 Å². The number of amides is 5. The second-order valence-electron chi connectivity index (χ2n) is 16.9. The van der Waals surface area contributed by atoms with Crippen LogP contribution < -0.4 is 20.7 Å². The Kier molecular flexibility index (Phi) is 25.4. The molecule has 2 saturated heterocycles. The van der Waals surface area contributed by atoms with Gasteiger partial charge in [-0.3, -0.25) is 29.3 Å². The Morgan fingerprint density at radius 1 is 1.10 bits per heavy atom. The molecule has 1 aromatic rings. The number of methoxy groups -OCH3 is 2. The third-order valence-electron chi connectivity index (χ3n) is 11.8. The van der Waals surface area contributed by atoms with Crippen LogP contribution in [0.25, 0.3) is 0 Å². The molecular formula is C48H72ClN5O13S. The first-order chi connectivity index (χ1) is 32.1. The lowest BCUT2D eigenvalue weighted by Crippen LogP contribution is -2.63. The predicted molar refractivity (Wildman–Crippen MR) is 260 cm³/mol. The standard InChI is InChI=1S/C45H64ClN5O13.C3H8S/c1-28(23-31-19-20-32(46)33(24-31)60-8)15-13-16-35(61-9)45(59)26-34(62-43(58)49-45)29(2)41-44(4,64-41)36(25-38(54)47-5)63-42(57)30(3)51(7)40(56)27-48-37(53)17-11-10-12-21-50(6)39(55)18-14-22-52;1-3-4-2/h13-16,18-20,22,24,29-30,34-36,41,59H,10-12,17,21,23,25-27H2,1-9H3,(H,47,54)(H,48,53)(H,49,58);3H2,1-2H3/b16-13+,18-14-,28-15+;. The number of carbonyl (C=O) groups is 7. The summed E-state index contributed by atoms with van der Waals surface area (Å²) in [4.78, 5) is 89.4. The number of ether oxygens (including phenoxy) is 5. The second kappa shape index (κ2) is 29.2. The number of carbonyl (C=O) groups excluding carboxylic acids is 7. The van der Waals surface area contributed by atoms with Crippen molar-refractivity contribution in [2.75, 3.05) is 60.5 Å². The Labute approximate surface area is 410 Å². The number of likely N-dealkylation sites (N-methyl/N-ethyl adjacent to an activating group) is 2. The van der Waals surface area contributed by atoms with E-state index in [0.717, 1.165) is 22.1 Å². The van der Waals surface area contributed by atoms with Gasteiger partial charge in [0.05, 0.1) is 31.2 Å². The van der Waals surface area contributed by atoms with Crippen LogP contribution in [0.1, 0.15) is 78.7 Å². The molecular weight excluding hydrogens is 922 g/mol. The summed E-state index contributed by atoms with van der Waals surface area (Å²) in [5.74, 6) is -1.24. The molecule has 1 aromatic carbocycles. The van der Waals surface area contributed by atoms with E-state index in [1.54, 1.807) is 46.2 Å². The van der Waals surface area contributed by atoms with E-state index >= 15 is 0 Å². The van der Waals surface area contributed by atoms with Crippen LogP contribution in [-0.4, -0.2) is 159 Å². The van der Waals surface area contributed by atoms with E-state index in [4.69, 9.17) is 35.3 Å². The summed E-state index contributed by atoms with van der Waals surface area (Å²) in [5, 5.41) is 19.9. The van der Waals surface area contributed by atoms with Gasteiger partial charge in [0.2, 0.25) is 23.6 Å². The third kappa shape index (κ3) is 18.5. The van der Waals surface area contributed by atoms with Gasteiger partial charge in [-0.1, -0.05) is 61.7 Å². The molecule has 5 amide bonds. The van der Waals surface area contributed by atoms with Crippen molar-refractivity contribution in [1.82, 2.24) is 25.8 Å². The number of aldehydes is 1. The Morgan fingerprint density at radius 2 is 1.79 bits per heavy atom. The van der Waals surface area contributed by atoms with Crippen molar-refractivity contribution in [2.45, 2.75) is 121 Å². The number of esters is 1. The second-order valence-corrected chi connectivity index (χ2v) is 18.4. The fourth-order valence-electron chi connectivity index (χ4n) is 7.30. The van der Waals surface area contributed by atoms with Crippen molar-refractivity contribution in [3.8, 4) is 5.75 Å². The molecule has 0 saturated carbocycles. The van der Waals surface area contributed by atoms with Gasteiger partial charge >= 0.3 is 12.1 Å². The van der Waals surface area contributed by atoms with Crippen LogP contribution >= 0.6 is 23.4 Å². The summed E-state index contributed by atoms with van der Waals surface area (Å²) in [7, 11) is 7.39. The number of aliphatic hydroxyl groups is 1. The number of allylic oxidation sites excluding steroid dienone is 4. The SMILES string of the molecule is CCSC.CNC(=O)CC(OC(=O)C(C)N(C)C(=O)CNC(=O)CCCCCN(C)C(=O)/C=C\C=O)C1(C)OC1C(C)C1CC(O)(C(/C=C/C=C(\C)Cc2ccc(Cl)c(OC)c2)OC)NC(=O)O1. The number of unbranched alkanes of at least 4 members (excludes halogenated alkanes) is 2. The van der Waals surface area contributed by atoms with Crippen LogP contribution in [0.15, 0.2) is 54.2 Å².